The molecule has 0 amide bonds. The third-order valence-electron chi connectivity index (χ3n) is 8.53. The number of carbonyl (C=O) groups excluding carboxylic acids is 1. The highest BCUT2D eigenvalue weighted by atomic mass is 16.5. The van der Waals surface area contributed by atoms with Crippen LogP contribution in [0.5, 0.6) is 11.5 Å². The number of phenols is 1. The molecule has 2 aliphatic heterocycles. The quantitative estimate of drug-likeness (QED) is 0.432. The van der Waals surface area contributed by atoms with Crippen molar-refractivity contribution in [3.8, 4) is 11.5 Å². The Balaban J connectivity index is 0.00000181. The van der Waals surface area contributed by atoms with Crippen LogP contribution in [0.15, 0.2) is 12.1 Å². The smallest absolute Gasteiger partial charge is 0.262 e. The van der Waals surface area contributed by atoms with Crippen LogP contribution in [0.1, 0.15) is 49.3 Å². The van der Waals surface area contributed by atoms with Crippen molar-refractivity contribution in [2.45, 2.75) is 61.1 Å². The maximum atomic E-state index is 12.8. The molecule has 2 heterocycles. The van der Waals surface area contributed by atoms with Gasteiger partial charge in [0.15, 0.2) is 35.1 Å². The second-order valence-electron chi connectivity index (χ2n) is 9.80. The molecule has 3 aliphatic carbocycles. The summed E-state index contributed by atoms with van der Waals surface area (Å²) in [4.78, 5) is 12.8. The molecule has 7 heteroatoms. The number of phenolic OH excluding ortho intramolecular Hbond substituents is 1. The fourth-order valence-electron chi connectivity index (χ4n) is 7.02. The number of aliphatic hydroxyl groups is 3. The Kier molecular flexibility index (Phi) is 3.54. The molecule has 1 aromatic rings. The van der Waals surface area contributed by atoms with Gasteiger partial charge >= 0.3 is 0 Å². The number of aromatic hydroxyl groups is 1. The van der Waals surface area contributed by atoms with Gasteiger partial charge in [-0.1, -0.05) is 6.07 Å². The third-order valence-corrected chi connectivity index (χ3v) is 8.53. The molecular formula is C22H29NO6. The number of rotatable bonds is 2. The zero-order chi connectivity index (χ0) is 19.7. The summed E-state index contributed by atoms with van der Waals surface area (Å²) in [6.07, 6.45) is 0.533. The average Bonchev–Trinajstić information content (AvgIpc) is 3.38. The monoisotopic (exact) mass is 403 g/mol. The van der Waals surface area contributed by atoms with E-state index in [-0.39, 0.29) is 42.0 Å². The van der Waals surface area contributed by atoms with Crippen LogP contribution >= 0.6 is 0 Å². The molecule has 6 atom stereocenters. The summed E-state index contributed by atoms with van der Waals surface area (Å²) in [5.74, 6) is 0.437. The minimum absolute atomic E-state index is 0. The number of nitrogens with zero attached hydrogens (tertiary/aromatic N) is 1. The molecule has 2 bridgehead atoms. The van der Waals surface area contributed by atoms with Gasteiger partial charge < -0.3 is 32.6 Å². The van der Waals surface area contributed by atoms with Crippen LogP contribution in [-0.2, 0) is 10.2 Å². The minimum Gasteiger partial charge on any atom is -0.504 e. The normalized spacial score (nSPS) is 46.6. The van der Waals surface area contributed by atoms with Crippen molar-refractivity contribution in [2.24, 2.45) is 5.92 Å². The van der Waals surface area contributed by atoms with Gasteiger partial charge in [-0.2, -0.15) is 0 Å². The summed E-state index contributed by atoms with van der Waals surface area (Å²) in [5, 5.41) is 46.2. The van der Waals surface area contributed by atoms with E-state index < -0.39 is 28.9 Å². The summed E-state index contributed by atoms with van der Waals surface area (Å²) in [6, 6.07) is 3.03. The second kappa shape index (κ2) is 5.32. The summed E-state index contributed by atoms with van der Waals surface area (Å²) in [6.45, 7) is 1.21. The van der Waals surface area contributed by atoms with Crippen molar-refractivity contribution < 1.29 is 34.4 Å². The number of piperidine rings is 1. The zero-order valence-corrected chi connectivity index (χ0v) is 16.9. The molecule has 1 aromatic carbocycles. The molecule has 1 spiro atoms. The van der Waals surface area contributed by atoms with Gasteiger partial charge in [0.25, 0.3) is 5.72 Å². The highest BCUT2D eigenvalue weighted by Crippen LogP contribution is 2.70. The topological polar surface area (TPSA) is 107 Å². The van der Waals surface area contributed by atoms with Gasteiger partial charge in [0.1, 0.15) is 0 Å². The number of carbonyl (C=O) groups is 1. The molecule has 3 fully saturated rings. The number of likely N-dealkylation sites (tertiary alicyclic amines) is 1. The summed E-state index contributed by atoms with van der Waals surface area (Å²) in [5.41, 5.74) is -3.73. The first-order chi connectivity index (χ1) is 13.2. The number of quaternary nitrogens is 1. The lowest BCUT2D eigenvalue weighted by atomic mass is 9.46. The van der Waals surface area contributed by atoms with Gasteiger partial charge in [0, 0.05) is 24.3 Å². The molecule has 5 aliphatic rings. The Morgan fingerprint density at radius 2 is 1.97 bits per heavy atom. The van der Waals surface area contributed by atoms with Crippen LogP contribution in [-0.4, -0.2) is 68.3 Å². The van der Waals surface area contributed by atoms with Gasteiger partial charge in [-0.15, -0.1) is 0 Å². The van der Waals surface area contributed by atoms with E-state index in [1.165, 1.54) is 6.07 Å². The Morgan fingerprint density at radius 3 is 2.66 bits per heavy atom. The fraction of sp³-hybridized carbons (Fsp3) is 0.636. The third kappa shape index (κ3) is 1.79. The Bertz CT molecular complexity index is 930. The molecule has 7 nitrogen and oxygen atoms in total. The van der Waals surface area contributed by atoms with E-state index in [2.05, 4.69) is 0 Å². The van der Waals surface area contributed by atoms with Crippen LogP contribution in [0, 0.1) is 13.3 Å². The largest absolute Gasteiger partial charge is 0.504 e. The van der Waals surface area contributed by atoms with E-state index in [0.717, 1.165) is 12.8 Å². The van der Waals surface area contributed by atoms with E-state index in [1.807, 2.05) is 7.05 Å². The van der Waals surface area contributed by atoms with Crippen molar-refractivity contribution in [3.05, 3.63) is 30.7 Å². The number of hydrogen-bond donors (Lipinski definition) is 4. The summed E-state index contributed by atoms with van der Waals surface area (Å²) < 4.78 is 6.11. The maximum Gasteiger partial charge on any atom is 0.262 e. The Labute approximate surface area is 170 Å². The Morgan fingerprint density at radius 1 is 1.24 bits per heavy atom. The van der Waals surface area contributed by atoms with Crippen LogP contribution in [0.2, 0.25) is 0 Å². The first-order valence-corrected chi connectivity index (χ1v) is 10.2. The second-order valence-corrected chi connectivity index (χ2v) is 9.80. The van der Waals surface area contributed by atoms with Crippen molar-refractivity contribution in [2.75, 3.05) is 20.1 Å². The molecular weight excluding hydrogens is 374 g/mol. The molecule has 1 unspecified atom stereocenters. The molecule has 29 heavy (non-hydrogen) atoms. The fourth-order valence-corrected chi connectivity index (χ4v) is 7.02. The first kappa shape index (κ1) is 19.3. The number of ketones is 1. The van der Waals surface area contributed by atoms with Crippen LogP contribution < -0.4 is 4.74 Å². The molecule has 0 radical (unpaired) electrons. The predicted octanol–water partition coefficient (Wildman–Crippen LogP) is 0.931. The van der Waals surface area contributed by atoms with Crippen LogP contribution in [0.25, 0.3) is 0 Å². The number of hydrogen-bond acceptors (Lipinski definition) is 6. The highest BCUT2D eigenvalue weighted by Gasteiger charge is 2.85. The summed E-state index contributed by atoms with van der Waals surface area (Å²) in [7, 11) is 1.92. The number of likely N-dealkylation sites (N-methyl/N-ethyl adjacent to an activating group) is 1. The lowest BCUT2D eigenvalue weighted by Crippen LogP contribution is -2.88. The average molecular weight is 403 g/mol. The lowest BCUT2D eigenvalue weighted by molar-refractivity contribution is -1.01. The van der Waals surface area contributed by atoms with E-state index in [4.69, 9.17) is 4.74 Å². The van der Waals surface area contributed by atoms with Crippen molar-refractivity contribution in [3.63, 3.8) is 0 Å². The Hall–Kier alpha value is -1.67. The van der Waals surface area contributed by atoms with Crippen molar-refractivity contribution in [1.82, 2.24) is 0 Å². The lowest BCUT2D eigenvalue weighted by Gasteiger charge is -2.68. The molecule has 4 N–H and O–H groups in total. The maximum absolute atomic E-state index is 12.8. The van der Waals surface area contributed by atoms with Crippen molar-refractivity contribution in [1.29, 1.82) is 0 Å². The standard InChI is InChI=1S/C21H25NO6.CH3/c1-22(10-11-2-3-11)9-8-19-15-12-4-5-13(23)16(15)28-18(19)14(24)6-7-20(19,26)21(22,27)17(12)25;/h4-5,11,17-18,25-27H,2-3,6-10H2,1H3;1H3/q;-1/p+1/t17?,18-,19-,20-,21-,22+;/m0./s1. The van der Waals surface area contributed by atoms with E-state index >= 15 is 0 Å². The molecule has 158 valence electrons. The van der Waals surface area contributed by atoms with Gasteiger partial charge in [-0.3, -0.25) is 9.28 Å². The van der Waals surface area contributed by atoms with Crippen LogP contribution in [0.4, 0.5) is 0 Å². The van der Waals surface area contributed by atoms with E-state index in [1.54, 1.807) is 6.07 Å². The molecule has 6 rings (SSSR count). The molecule has 0 aromatic heterocycles. The van der Waals surface area contributed by atoms with E-state index in [9.17, 15) is 25.2 Å². The zero-order valence-electron chi connectivity index (χ0n) is 16.9. The highest BCUT2D eigenvalue weighted by molar-refractivity contribution is 5.90. The number of ether oxygens (including phenoxy) is 1. The van der Waals surface area contributed by atoms with E-state index in [0.29, 0.717) is 36.6 Å². The minimum atomic E-state index is -1.85. The van der Waals surface area contributed by atoms with Gasteiger partial charge in [-0.05, 0) is 30.9 Å². The number of benzene rings is 1. The van der Waals surface area contributed by atoms with Gasteiger partial charge in [0.05, 0.1) is 25.6 Å². The van der Waals surface area contributed by atoms with Crippen molar-refractivity contribution >= 4 is 5.78 Å². The van der Waals surface area contributed by atoms with Gasteiger partial charge in [-0.25, -0.2) is 0 Å². The molecule has 1 saturated heterocycles. The SMILES string of the molecule is C[N@+]1(CC2CC2)CC[C@]23c4c5ccc(O)c4O[C@H]2C(=O)CC[C@@]3(O)[C@@]1(O)C5O.[CH3-]. The van der Waals surface area contributed by atoms with Gasteiger partial charge in [0.2, 0.25) is 0 Å². The summed E-state index contributed by atoms with van der Waals surface area (Å²) >= 11 is 0. The number of Topliss-reactive ketones (excluding diaryl/α,β-unsaturated/α-hetero) is 1. The number of aliphatic hydroxyl groups excluding tert-OH is 1. The molecule has 2 saturated carbocycles. The van der Waals surface area contributed by atoms with Crippen LogP contribution in [0.3, 0.4) is 0 Å². The predicted molar refractivity (Wildman–Crippen MR) is 103 cm³/mol. The first-order valence-electron chi connectivity index (χ1n) is 10.2.